The minimum atomic E-state index is -4.64. The largest absolute Gasteiger partial charge is 0.416 e. The monoisotopic (exact) mass is 395 g/mol. The fourth-order valence-corrected chi connectivity index (χ4v) is 4.15. The smallest absolute Gasteiger partial charge is 0.310 e. The summed E-state index contributed by atoms with van der Waals surface area (Å²) in [6.45, 7) is 0.944. The Morgan fingerprint density at radius 3 is 1.39 bits per heavy atom. The number of hydrogen-bond donors (Lipinski definition) is 0. The first-order valence-corrected chi connectivity index (χ1v) is 9.44. The van der Waals surface area contributed by atoms with Crippen LogP contribution in [0.4, 0.5) is 30.2 Å². The zero-order valence-electron chi connectivity index (χ0n) is 15.2. The van der Waals surface area contributed by atoms with E-state index in [1.54, 1.807) is 0 Å². The van der Waals surface area contributed by atoms with Gasteiger partial charge in [0.05, 0.1) is 22.6 Å². The van der Waals surface area contributed by atoms with E-state index in [9.17, 15) is 27.6 Å². The Balaban J connectivity index is 1.97. The lowest BCUT2D eigenvalue weighted by atomic mass is 10.1. The molecule has 0 aromatic heterocycles. The standard InChI is InChI=1S/C19H20F3N3O3/c20-19(21,22)12-10-13(23-7-1-4-15(23)26)18(25-9-3-6-17(25)28)14(11-12)24-8-2-5-16(24)27/h10-11H,1-9H2. The van der Waals surface area contributed by atoms with Gasteiger partial charge in [-0.05, 0) is 31.4 Å². The molecular weight excluding hydrogens is 375 g/mol. The van der Waals surface area contributed by atoms with E-state index in [-0.39, 0.29) is 47.6 Å². The van der Waals surface area contributed by atoms with Crippen molar-refractivity contribution in [3.63, 3.8) is 0 Å². The Bertz CT molecular complexity index is 806. The van der Waals surface area contributed by atoms with Gasteiger partial charge in [-0.25, -0.2) is 0 Å². The van der Waals surface area contributed by atoms with Crippen LogP contribution in [-0.2, 0) is 20.6 Å². The highest BCUT2D eigenvalue weighted by atomic mass is 19.4. The summed E-state index contributed by atoms with van der Waals surface area (Å²) in [5, 5.41) is 0. The molecule has 150 valence electrons. The van der Waals surface area contributed by atoms with E-state index < -0.39 is 11.7 Å². The summed E-state index contributed by atoms with van der Waals surface area (Å²) >= 11 is 0. The highest BCUT2D eigenvalue weighted by Gasteiger charge is 2.39. The van der Waals surface area contributed by atoms with Gasteiger partial charge in [0.2, 0.25) is 17.7 Å². The van der Waals surface area contributed by atoms with Gasteiger partial charge < -0.3 is 14.7 Å². The number of anilines is 3. The van der Waals surface area contributed by atoms with Gasteiger partial charge in [0.15, 0.2) is 0 Å². The average Bonchev–Trinajstić information content (AvgIpc) is 3.34. The molecule has 3 heterocycles. The molecule has 3 amide bonds. The Labute approximate surface area is 159 Å². The van der Waals surface area contributed by atoms with Crippen LogP contribution in [0, 0.1) is 0 Å². The molecule has 0 spiro atoms. The minimum absolute atomic E-state index is 0.0716. The lowest BCUT2D eigenvalue weighted by molar-refractivity contribution is -0.137. The molecule has 4 rings (SSSR count). The van der Waals surface area contributed by atoms with Crippen molar-refractivity contribution in [2.24, 2.45) is 0 Å². The number of amides is 3. The Kier molecular flexibility index (Phi) is 4.55. The molecule has 9 heteroatoms. The maximum Gasteiger partial charge on any atom is 0.416 e. The first-order valence-electron chi connectivity index (χ1n) is 9.44. The second-order valence-electron chi connectivity index (χ2n) is 7.31. The third kappa shape index (κ3) is 3.12. The van der Waals surface area contributed by atoms with Gasteiger partial charge in [-0.15, -0.1) is 0 Å². The van der Waals surface area contributed by atoms with Crippen LogP contribution in [-0.4, -0.2) is 37.4 Å². The molecule has 28 heavy (non-hydrogen) atoms. The number of hydrogen-bond acceptors (Lipinski definition) is 3. The third-order valence-electron chi connectivity index (χ3n) is 5.47. The van der Waals surface area contributed by atoms with Crippen LogP contribution >= 0.6 is 0 Å². The highest BCUT2D eigenvalue weighted by molar-refractivity contribution is 6.10. The number of halogens is 3. The highest BCUT2D eigenvalue weighted by Crippen LogP contribution is 2.47. The molecule has 3 aliphatic rings. The first-order chi connectivity index (χ1) is 13.3. The van der Waals surface area contributed by atoms with E-state index in [1.165, 1.54) is 14.7 Å². The lowest BCUT2D eigenvalue weighted by Crippen LogP contribution is -2.34. The Morgan fingerprint density at radius 2 is 1.07 bits per heavy atom. The molecular formula is C19H20F3N3O3. The molecule has 0 aliphatic carbocycles. The Morgan fingerprint density at radius 1 is 0.679 bits per heavy atom. The number of carbonyl (C=O) groups is 3. The summed E-state index contributed by atoms with van der Waals surface area (Å²) < 4.78 is 40.8. The van der Waals surface area contributed by atoms with E-state index in [2.05, 4.69) is 0 Å². The second kappa shape index (κ2) is 6.79. The SMILES string of the molecule is O=C1CCCN1c1cc(C(F)(F)F)cc(N2CCCC2=O)c1N1CCCC1=O. The summed E-state index contributed by atoms with van der Waals surface area (Å²) in [4.78, 5) is 41.2. The summed E-state index contributed by atoms with van der Waals surface area (Å²) in [6.07, 6.45) is -2.17. The third-order valence-corrected chi connectivity index (χ3v) is 5.47. The maximum absolute atomic E-state index is 13.6. The first kappa shape index (κ1) is 18.8. The molecule has 0 unspecified atom stereocenters. The summed E-state index contributed by atoms with van der Waals surface area (Å²) in [5.41, 5.74) is -0.530. The average molecular weight is 395 g/mol. The zero-order valence-corrected chi connectivity index (χ0v) is 15.2. The van der Waals surface area contributed by atoms with Crippen LogP contribution in [0.1, 0.15) is 44.1 Å². The molecule has 0 atom stereocenters. The van der Waals surface area contributed by atoms with Gasteiger partial charge in [-0.1, -0.05) is 0 Å². The van der Waals surface area contributed by atoms with Gasteiger partial charge in [-0.3, -0.25) is 14.4 Å². The van der Waals surface area contributed by atoms with Crippen LogP contribution in [0.2, 0.25) is 0 Å². The van der Waals surface area contributed by atoms with Crippen molar-refractivity contribution in [1.82, 2.24) is 0 Å². The van der Waals surface area contributed by atoms with Crippen LogP contribution < -0.4 is 14.7 Å². The zero-order chi connectivity index (χ0) is 20.1. The summed E-state index contributed by atoms with van der Waals surface area (Å²) in [7, 11) is 0. The number of nitrogens with zero attached hydrogens (tertiary/aromatic N) is 3. The second-order valence-corrected chi connectivity index (χ2v) is 7.31. The van der Waals surface area contributed by atoms with Gasteiger partial charge in [0.1, 0.15) is 0 Å². The number of carbonyl (C=O) groups excluding carboxylic acids is 3. The maximum atomic E-state index is 13.6. The van der Waals surface area contributed by atoms with Crippen LogP contribution in [0.5, 0.6) is 0 Å². The van der Waals surface area contributed by atoms with Gasteiger partial charge in [-0.2, -0.15) is 13.2 Å². The fourth-order valence-electron chi connectivity index (χ4n) is 4.15. The number of benzene rings is 1. The topological polar surface area (TPSA) is 60.9 Å². The molecule has 3 aliphatic heterocycles. The van der Waals surface area contributed by atoms with Crippen molar-refractivity contribution in [3.05, 3.63) is 17.7 Å². The fraction of sp³-hybridized carbons (Fsp3) is 0.526. The van der Waals surface area contributed by atoms with Crippen molar-refractivity contribution in [3.8, 4) is 0 Å². The van der Waals surface area contributed by atoms with Gasteiger partial charge in [0, 0.05) is 38.9 Å². The number of alkyl halides is 3. The predicted octanol–water partition coefficient (Wildman–Crippen LogP) is 3.09. The van der Waals surface area contributed by atoms with Crippen LogP contribution in [0.25, 0.3) is 0 Å². The lowest BCUT2D eigenvalue weighted by Gasteiger charge is -2.31. The summed E-state index contributed by atoms with van der Waals surface area (Å²) in [6, 6.07) is 1.88. The van der Waals surface area contributed by atoms with Gasteiger partial charge in [0.25, 0.3) is 0 Å². The molecule has 0 bridgehead atoms. The molecule has 1 aromatic rings. The van der Waals surface area contributed by atoms with Crippen molar-refractivity contribution >= 4 is 34.8 Å². The molecule has 0 saturated carbocycles. The van der Waals surface area contributed by atoms with Crippen molar-refractivity contribution in [2.45, 2.75) is 44.7 Å². The molecule has 1 aromatic carbocycles. The van der Waals surface area contributed by atoms with E-state index in [4.69, 9.17) is 0 Å². The summed E-state index contributed by atoms with van der Waals surface area (Å²) in [5.74, 6) is -0.752. The van der Waals surface area contributed by atoms with Crippen LogP contribution in [0.15, 0.2) is 12.1 Å². The minimum Gasteiger partial charge on any atom is -0.310 e. The predicted molar refractivity (Wildman–Crippen MR) is 96.2 cm³/mol. The van der Waals surface area contributed by atoms with E-state index in [1.807, 2.05) is 0 Å². The van der Waals surface area contributed by atoms with Gasteiger partial charge >= 0.3 is 6.18 Å². The molecule has 0 N–H and O–H groups in total. The van der Waals surface area contributed by atoms with Crippen molar-refractivity contribution < 1.29 is 27.6 Å². The molecule has 6 nitrogen and oxygen atoms in total. The van der Waals surface area contributed by atoms with E-state index >= 15 is 0 Å². The Hall–Kier alpha value is -2.58. The molecule has 3 saturated heterocycles. The normalized spacial score (nSPS) is 20.8. The van der Waals surface area contributed by atoms with Crippen LogP contribution in [0.3, 0.4) is 0 Å². The number of rotatable bonds is 3. The quantitative estimate of drug-likeness (QED) is 0.790. The van der Waals surface area contributed by atoms with Crippen molar-refractivity contribution in [2.75, 3.05) is 34.3 Å². The van der Waals surface area contributed by atoms with E-state index in [0.29, 0.717) is 45.3 Å². The van der Waals surface area contributed by atoms with Crippen molar-refractivity contribution in [1.29, 1.82) is 0 Å². The molecule has 3 fully saturated rings. The van der Waals surface area contributed by atoms with E-state index in [0.717, 1.165) is 12.1 Å². The molecule has 0 radical (unpaired) electrons.